The second-order valence-electron chi connectivity index (χ2n) is 6.44. The Morgan fingerprint density at radius 1 is 1.20 bits per heavy atom. The number of nitrogens with zero attached hydrogens (tertiary/aromatic N) is 3. The number of nitrogens with one attached hydrogen (secondary N) is 3. The average molecular weight is 342 g/mol. The van der Waals surface area contributed by atoms with Crippen LogP contribution in [-0.2, 0) is 0 Å². The number of anilines is 1. The number of hydrogen-bond donors (Lipinski definition) is 3. The summed E-state index contributed by atoms with van der Waals surface area (Å²) in [5.74, 6) is 1.63. The highest BCUT2D eigenvalue weighted by atomic mass is 16.6. The van der Waals surface area contributed by atoms with Gasteiger partial charge >= 0.3 is 0 Å². The largest absolute Gasteiger partial charge is 0.370 e. The highest BCUT2D eigenvalue weighted by Crippen LogP contribution is 2.23. The first kappa shape index (κ1) is 17.2. The Balaban J connectivity index is 1.81. The van der Waals surface area contributed by atoms with Crippen molar-refractivity contribution in [1.29, 1.82) is 0 Å². The monoisotopic (exact) mass is 342 g/mol. The Kier molecular flexibility index (Phi) is 4.91. The molecule has 2 atom stereocenters. The van der Waals surface area contributed by atoms with Crippen molar-refractivity contribution < 1.29 is 4.92 Å². The van der Waals surface area contributed by atoms with Crippen LogP contribution in [0.1, 0.15) is 19.5 Å². The summed E-state index contributed by atoms with van der Waals surface area (Å²) in [7, 11) is 0. The molecule has 3 rings (SSSR count). The number of hydrogen-bond acceptors (Lipinski definition) is 7. The fraction of sp³-hybridized carbons (Fsp3) is 0.412. The van der Waals surface area contributed by atoms with Crippen molar-refractivity contribution in [2.45, 2.75) is 32.9 Å². The molecule has 0 saturated carbocycles. The zero-order valence-electron chi connectivity index (χ0n) is 14.5. The number of rotatable bonds is 5. The zero-order valence-corrected chi connectivity index (χ0v) is 14.5. The maximum atomic E-state index is 11.0. The SMILES string of the molecule is Cc1cc(NCC2C(C)NNC2C)nc(-c2cccc([N+](=O)[O-])c2)n1. The number of aryl methyl sites for hydroxylation is 1. The molecule has 1 aromatic heterocycles. The standard InChI is InChI=1S/C17H22N6O2/c1-10-7-16(18-9-15-11(2)21-22-12(15)3)20-17(19-10)13-5-4-6-14(8-13)23(24)25/h4-8,11-12,15,21-22H,9H2,1-3H3,(H,18,19,20). The molecular formula is C17H22N6O2. The first-order valence-corrected chi connectivity index (χ1v) is 8.29. The van der Waals surface area contributed by atoms with Gasteiger partial charge in [0.2, 0.25) is 0 Å². The van der Waals surface area contributed by atoms with Gasteiger partial charge in [-0.1, -0.05) is 12.1 Å². The number of benzene rings is 1. The highest BCUT2D eigenvalue weighted by molar-refractivity contribution is 5.61. The van der Waals surface area contributed by atoms with Gasteiger partial charge in [-0.15, -0.1) is 0 Å². The minimum atomic E-state index is -0.415. The lowest BCUT2D eigenvalue weighted by atomic mass is 9.97. The molecule has 0 amide bonds. The van der Waals surface area contributed by atoms with Crippen LogP contribution >= 0.6 is 0 Å². The van der Waals surface area contributed by atoms with E-state index in [0.29, 0.717) is 29.4 Å². The van der Waals surface area contributed by atoms with Crippen LogP contribution < -0.4 is 16.2 Å². The molecule has 2 unspecified atom stereocenters. The Labute approximate surface area is 146 Å². The molecule has 1 aromatic carbocycles. The molecule has 1 saturated heterocycles. The van der Waals surface area contributed by atoms with Crippen LogP contribution in [0.5, 0.6) is 0 Å². The molecule has 8 nitrogen and oxygen atoms in total. The van der Waals surface area contributed by atoms with E-state index in [1.165, 1.54) is 12.1 Å². The average Bonchev–Trinajstić information content (AvgIpc) is 2.91. The van der Waals surface area contributed by atoms with Gasteiger partial charge in [-0.3, -0.25) is 21.0 Å². The van der Waals surface area contributed by atoms with E-state index in [4.69, 9.17) is 0 Å². The van der Waals surface area contributed by atoms with Crippen LogP contribution in [0.2, 0.25) is 0 Å². The smallest absolute Gasteiger partial charge is 0.270 e. The van der Waals surface area contributed by atoms with Gasteiger partial charge in [-0.2, -0.15) is 0 Å². The van der Waals surface area contributed by atoms with Crippen molar-refractivity contribution in [1.82, 2.24) is 20.8 Å². The lowest BCUT2D eigenvalue weighted by Crippen LogP contribution is -2.30. The predicted octanol–water partition coefficient (Wildman–Crippen LogP) is 2.27. The lowest BCUT2D eigenvalue weighted by Gasteiger charge is -2.19. The van der Waals surface area contributed by atoms with Gasteiger partial charge in [0.1, 0.15) is 5.82 Å². The minimum Gasteiger partial charge on any atom is -0.370 e. The molecule has 8 heteroatoms. The molecule has 25 heavy (non-hydrogen) atoms. The predicted molar refractivity (Wildman–Crippen MR) is 96.0 cm³/mol. The summed E-state index contributed by atoms with van der Waals surface area (Å²) in [6.07, 6.45) is 0. The maximum absolute atomic E-state index is 11.0. The molecule has 132 valence electrons. The van der Waals surface area contributed by atoms with Crippen molar-refractivity contribution in [3.05, 3.63) is 46.1 Å². The molecule has 0 radical (unpaired) electrons. The summed E-state index contributed by atoms with van der Waals surface area (Å²) in [4.78, 5) is 19.5. The Hall–Kier alpha value is -2.58. The van der Waals surface area contributed by atoms with E-state index in [1.807, 2.05) is 13.0 Å². The third-order valence-electron chi connectivity index (χ3n) is 4.51. The highest BCUT2D eigenvalue weighted by Gasteiger charge is 2.29. The molecule has 0 bridgehead atoms. The molecular weight excluding hydrogens is 320 g/mol. The minimum absolute atomic E-state index is 0.0304. The zero-order chi connectivity index (χ0) is 18.0. The molecule has 0 aliphatic carbocycles. The van der Waals surface area contributed by atoms with Crippen LogP contribution in [0, 0.1) is 23.0 Å². The third-order valence-corrected chi connectivity index (χ3v) is 4.51. The van der Waals surface area contributed by atoms with E-state index in [2.05, 4.69) is 40.0 Å². The van der Waals surface area contributed by atoms with Gasteiger partial charge in [0.15, 0.2) is 5.82 Å². The summed E-state index contributed by atoms with van der Waals surface area (Å²) in [5, 5.41) is 14.3. The number of nitro benzene ring substituents is 1. The van der Waals surface area contributed by atoms with E-state index >= 15 is 0 Å². The molecule has 1 aliphatic heterocycles. The van der Waals surface area contributed by atoms with Crippen LogP contribution in [0.4, 0.5) is 11.5 Å². The summed E-state index contributed by atoms with van der Waals surface area (Å²) < 4.78 is 0. The Bertz CT molecular complexity index is 771. The topological polar surface area (TPSA) is 105 Å². The van der Waals surface area contributed by atoms with Crippen molar-refractivity contribution in [3.63, 3.8) is 0 Å². The van der Waals surface area contributed by atoms with Crippen molar-refractivity contribution in [2.75, 3.05) is 11.9 Å². The third kappa shape index (κ3) is 3.92. The van der Waals surface area contributed by atoms with Crippen LogP contribution in [0.15, 0.2) is 30.3 Å². The van der Waals surface area contributed by atoms with E-state index in [9.17, 15) is 10.1 Å². The molecule has 2 aromatic rings. The lowest BCUT2D eigenvalue weighted by molar-refractivity contribution is -0.384. The van der Waals surface area contributed by atoms with Gasteiger partial charge in [0, 0.05) is 54.0 Å². The first-order valence-electron chi connectivity index (χ1n) is 8.29. The summed E-state index contributed by atoms with van der Waals surface area (Å²) in [6.45, 7) is 6.94. The van der Waals surface area contributed by atoms with Crippen LogP contribution in [0.25, 0.3) is 11.4 Å². The van der Waals surface area contributed by atoms with Crippen LogP contribution in [-0.4, -0.2) is 33.5 Å². The summed E-state index contributed by atoms with van der Waals surface area (Å²) in [5.41, 5.74) is 7.94. The summed E-state index contributed by atoms with van der Waals surface area (Å²) in [6, 6.07) is 8.98. The van der Waals surface area contributed by atoms with Gasteiger partial charge in [0.25, 0.3) is 5.69 Å². The number of hydrazine groups is 1. The molecule has 2 heterocycles. The number of non-ortho nitro benzene ring substituents is 1. The number of aromatic nitrogens is 2. The Morgan fingerprint density at radius 2 is 1.92 bits per heavy atom. The van der Waals surface area contributed by atoms with Gasteiger partial charge in [-0.25, -0.2) is 9.97 Å². The quantitative estimate of drug-likeness (QED) is 0.565. The maximum Gasteiger partial charge on any atom is 0.270 e. The Morgan fingerprint density at radius 3 is 2.60 bits per heavy atom. The molecule has 3 N–H and O–H groups in total. The van der Waals surface area contributed by atoms with Gasteiger partial charge < -0.3 is 5.32 Å². The normalized spacial score (nSPS) is 22.8. The van der Waals surface area contributed by atoms with Crippen molar-refractivity contribution >= 4 is 11.5 Å². The number of nitro groups is 1. The second kappa shape index (κ2) is 7.12. The summed E-state index contributed by atoms with van der Waals surface area (Å²) >= 11 is 0. The molecule has 1 aliphatic rings. The van der Waals surface area contributed by atoms with E-state index in [-0.39, 0.29) is 5.69 Å². The van der Waals surface area contributed by atoms with E-state index in [1.54, 1.807) is 12.1 Å². The second-order valence-corrected chi connectivity index (χ2v) is 6.44. The fourth-order valence-corrected chi connectivity index (χ4v) is 3.03. The van der Waals surface area contributed by atoms with E-state index in [0.717, 1.165) is 18.1 Å². The molecule has 0 spiro atoms. The first-order chi connectivity index (χ1) is 11.9. The van der Waals surface area contributed by atoms with Gasteiger partial charge in [-0.05, 0) is 20.8 Å². The van der Waals surface area contributed by atoms with Crippen molar-refractivity contribution in [2.24, 2.45) is 5.92 Å². The molecule has 1 fully saturated rings. The van der Waals surface area contributed by atoms with E-state index < -0.39 is 4.92 Å². The van der Waals surface area contributed by atoms with Crippen molar-refractivity contribution in [3.8, 4) is 11.4 Å². The van der Waals surface area contributed by atoms with Gasteiger partial charge in [0.05, 0.1) is 4.92 Å². The van der Waals surface area contributed by atoms with Crippen LogP contribution in [0.3, 0.4) is 0 Å². The fourth-order valence-electron chi connectivity index (χ4n) is 3.03.